The minimum atomic E-state index is 0.449. The first kappa shape index (κ1) is 15.5. The van der Waals surface area contributed by atoms with Gasteiger partial charge < -0.3 is 10.1 Å². The highest BCUT2D eigenvalue weighted by Gasteiger charge is 2.02. The Balaban J connectivity index is 1.78. The highest BCUT2D eigenvalue weighted by Crippen LogP contribution is 2.15. The second kappa shape index (κ2) is 7.78. The van der Waals surface area contributed by atoms with Gasteiger partial charge in [0.25, 0.3) is 0 Å². The van der Waals surface area contributed by atoms with Crippen molar-refractivity contribution in [3.05, 3.63) is 41.7 Å². The maximum Gasteiger partial charge on any atom is 0.134 e. The zero-order chi connectivity index (χ0) is 15.1. The maximum atomic E-state index is 5.70. The predicted octanol–water partition coefficient (Wildman–Crippen LogP) is 2.32. The Labute approximate surface area is 126 Å². The molecule has 0 amide bonds. The highest BCUT2D eigenvalue weighted by molar-refractivity contribution is 5.27. The fraction of sp³-hybridized carbons (Fsp3) is 0.500. The molecule has 1 aromatic heterocycles. The quantitative estimate of drug-likeness (QED) is 0.810. The SMILES string of the molecule is CCNC(C)CCc1ccc(OCc2cn(C)nn2)cc1. The second-order valence-electron chi connectivity index (χ2n) is 5.31. The molecule has 0 saturated heterocycles. The Morgan fingerprint density at radius 1 is 1.29 bits per heavy atom. The lowest BCUT2D eigenvalue weighted by molar-refractivity contribution is 0.301. The fourth-order valence-corrected chi connectivity index (χ4v) is 2.20. The summed E-state index contributed by atoms with van der Waals surface area (Å²) in [4.78, 5) is 0. The lowest BCUT2D eigenvalue weighted by Gasteiger charge is -2.12. The molecular formula is C16H24N4O. The molecule has 0 aliphatic heterocycles. The molecule has 114 valence electrons. The summed E-state index contributed by atoms with van der Waals surface area (Å²) in [6.07, 6.45) is 4.09. The van der Waals surface area contributed by atoms with Crippen molar-refractivity contribution in [1.29, 1.82) is 0 Å². The smallest absolute Gasteiger partial charge is 0.134 e. The lowest BCUT2D eigenvalue weighted by Crippen LogP contribution is -2.25. The molecule has 1 atom stereocenters. The van der Waals surface area contributed by atoms with E-state index in [9.17, 15) is 0 Å². The summed E-state index contributed by atoms with van der Waals surface area (Å²) in [6.45, 7) is 5.84. The van der Waals surface area contributed by atoms with Crippen LogP contribution < -0.4 is 10.1 Å². The standard InChI is InChI=1S/C16H24N4O/c1-4-17-13(2)5-6-14-7-9-16(10-8-14)21-12-15-11-20(3)19-18-15/h7-11,13,17H,4-6,12H2,1-3H3. The third-order valence-corrected chi connectivity index (χ3v) is 3.38. The van der Waals surface area contributed by atoms with Crippen molar-refractivity contribution in [3.8, 4) is 5.75 Å². The van der Waals surface area contributed by atoms with Crippen LogP contribution in [-0.2, 0) is 20.1 Å². The molecule has 5 nitrogen and oxygen atoms in total. The fourth-order valence-electron chi connectivity index (χ4n) is 2.20. The molecule has 1 N–H and O–H groups in total. The van der Waals surface area contributed by atoms with Crippen LogP contribution >= 0.6 is 0 Å². The number of hydrogen-bond acceptors (Lipinski definition) is 4. The molecule has 2 aromatic rings. The van der Waals surface area contributed by atoms with Crippen molar-refractivity contribution in [2.75, 3.05) is 6.54 Å². The minimum absolute atomic E-state index is 0.449. The molecular weight excluding hydrogens is 264 g/mol. The molecule has 0 aliphatic carbocycles. The number of benzene rings is 1. The summed E-state index contributed by atoms with van der Waals surface area (Å²) < 4.78 is 7.37. The van der Waals surface area contributed by atoms with E-state index < -0.39 is 0 Å². The van der Waals surface area contributed by atoms with E-state index in [1.54, 1.807) is 4.68 Å². The molecule has 0 radical (unpaired) electrons. The predicted molar refractivity (Wildman–Crippen MR) is 83.2 cm³/mol. The van der Waals surface area contributed by atoms with E-state index >= 15 is 0 Å². The van der Waals surface area contributed by atoms with Crippen LogP contribution in [0.4, 0.5) is 0 Å². The van der Waals surface area contributed by atoms with E-state index in [4.69, 9.17) is 4.74 Å². The second-order valence-corrected chi connectivity index (χ2v) is 5.31. The normalized spacial score (nSPS) is 12.3. The average molecular weight is 288 g/mol. The van der Waals surface area contributed by atoms with Gasteiger partial charge in [0.15, 0.2) is 0 Å². The van der Waals surface area contributed by atoms with Crippen molar-refractivity contribution < 1.29 is 4.74 Å². The first-order valence-corrected chi connectivity index (χ1v) is 7.47. The van der Waals surface area contributed by atoms with E-state index in [2.05, 4.69) is 41.6 Å². The number of rotatable bonds is 8. The van der Waals surface area contributed by atoms with E-state index in [0.29, 0.717) is 12.6 Å². The van der Waals surface area contributed by atoms with Crippen LogP contribution in [0.25, 0.3) is 0 Å². The van der Waals surface area contributed by atoms with Gasteiger partial charge in [0.05, 0.1) is 6.20 Å². The molecule has 0 spiro atoms. The van der Waals surface area contributed by atoms with Gasteiger partial charge in [-0.25, -0.2) is 0 Å². The van der Waals surface area contributed by atoms with Gasteiger partial charge in [-0.05, 0) is 44.0 Å². The first-order chi connectivity index (χ1) is 10.2. The average Bonchev–Trinajstić information content (AvgIpc) is 2.90. The van der Waals surface area contributed by atoms with Gasteiger partial charge in [0, 0.05) is 13.1 Å². The first-order valence-electron chi connectivity index (χ1n) is 7.47. The van der Waals surface area contributed by atoms with Crippen LogP contribution in [0.15, 0.2) is 30.5 Å². The molecule has 0 aliphatic rings. The van der Waals surface area contributed by atoms with Crippen molar-refractivity contribution in [2.24, 2.45) is 7.05 Å². The molecule has 1 unspecified atom stereocenters. The van der Waals surface area contributed by atoms with Crippen LogP contribution in [0.5, 0.6) is 5.75 Å². The van der Waals surface area contributed by atoms with E-state index in [-0.39, 0.29) is 0 Å². The number of nitrogens with zero attached hydrogens (tertiary/aromatic N) is 3. The van der Waals surface area contributed by atoms with Gasteiger partial charge in [-0.1, -0.05) is 24.3 Å². The highest BCUT2D eigenvalue weighted by atomic mass is 16.5. The van der Waals surface area contributed by atoms with Crippen LogP contribution in [-0.4, -0.2) is 27.6 Å². The van der Waals surface area contributed by atoms with Crippen molar-refractivity contribution in [1.82, 2.24) is 20.3 Å². The number of ether oxygens (including phenoxy) is 1. The third kappa shape index (κ3) is 5.19. The van der Waals surface area contributed by atoms with Gasteiger partial charge >= 0.3 is 0 Å². The molecule has 0 fully saturated rings. The Kier molecular flexibility index (Phi) is 5.75. The summed E-state index contributed by atoms with van der Waals surface area (Å²) in [5, 5.41) is 11.3. The Hall–Kier alpha value is -1.88. The number of nitrogens with one attached hydrogen (secondary N) is 1. The van der Waals surface area contributed by atoms with Crippen molar-refractivity contribution in [2.45, 2.75) is 39.3 Å². The monoisotopic (exact) mass is 288 g/mol. The molecule has 1 heterocycles. The molecule has 1 aromatic carbocycles. The van der Waals surface area contributed by atoms with Crippen LogP contribution in [0.3, 0.4) is 0 Å². The van der Waals surface area contributed by atoms with E-state index in [1.165, 1.54) is 5.56 Å². The summed E-state index contributed by atoms with van der Waals surface area (Å²) >= 11 is 0. The molecule has 0 bridgehead atoms. The van der Waals surface area contributed by atoms with Gasteiger partial charge in [0.1, 0.15) is 18.1 Å². The largest absolute Gasteiger partial charge is 0.487 e. The molecule has 21 heavy (non-hydrogen) atoms. The molecule has 0 saturated carbocycles. The zero-order valence-corrected chi connectivity index (χ0v) is 13.0. The van der Waals surface area contributed by atoms with Crippen LogP contribution in [0.2, 0.25) is 0 Å². The minimum Gasteiger partial charge on any atom is -0.487 e. The summed E-state index contributed by atoms with van der Waals surface area (Å²) in [6, 6.07) is 8.85. The topological polar surface area (TPSA) is 52.0 Å². The molecule has 2 rings (SSSR count). The Morgan fingerprint density at radius 2 is 2.05 bits per heavy atom. The third-order valence-electron chi connectivity index (χ3n) is 3.38. The van der Waals surface area contributed by atoms with E-state index in [0.717, 1.165) is 30.8 Å². The van der Waals surface area contributed by atoms with Gasteiger partial charge in [-0.3, -0.25) is 4.68 Å². The van der Waals surface area contributed by atoms with Gasteiger partial charge in [-0.2, -0.15) is 0 Å². The Bertz CT molecular complexity index is 535. The van der Waals surface area contributed by atoms with Gasteiger partial charge in [-0.15, -0.1) is 5.10 Å². The van der Waals surface area contributed by atoms with Crippen LogP contribution in [0.1, 0.15) is 31.5 Å². The van der Waals surface area contributed by atoms with Crippen LogP contribution in [0, 0.1) is 0 Å². The summed E-state index contributed by atoms with van der Waals surface area (Å²) in [5.74, 6) is 0.865. The maximum absolute atomic E-state index is 5.70. The Morgan fingerprint density at radius 3 is 2.67 bits per heavy atom. The zero-order valence-electron chi connectivity index (χ0n) is 13.0. The lowest BCUT2D eigenvalue weighted by atomic mass is 10.1. The van der Waals surface area contributed by atoms with Crippen molar-refractivity contribution >= 4 is 0 Å². The van der Waals surface area contributed by atoms with E-state index in [1.807, 2.05) is 25.4 Å². The number of aromatic nitrogens is 3. The number of aryl methyl sites for hydroxylation is 2. The van der Waals surface area contributed by atoms with Gasteiger partial charge in [0.2, 0.25) is 0 Å². The molecule has 5 heteroatoms. The number of hydrogen-bond donors (Lipinski definition) is 1. The summed E-state index contributed by atoms with van der Waals surface area (Å²) in [5.41, 5.74) is 2.17. The van der Waals surface area contributed by atoms with Crippen molar-refractivity contribution in [3.63, 3.8) is 0 Å². The summed E-state index contributed by atoms with van der Waals surface area (Å²) in [7, 11) is 1.85.